The zero-order valence-corrected chi connectivity index (χ0v) is 18.2. The molecule has 0 aliphatic heterocycles. The van der Waals surface area contributed by atoms with Crippen LogP contribution in [0.4, 0.5) is 5.69 Å². The van der Waals surface area contributed by atoms with Crippen molar-refractivity contribution in [3.63, 3.8) is 0 Å². The lowest BCUT2D eigenvalue weighted by molar-refractivity contribution is -0.113. The minimum Gasteiger partial charge on any atom is -0.366 e. The molecule has 0 fully saturated rings. The van der Waals surface area contributed by atoms with E-state index in [2.05, 4.69) is 20.5 Å². The number of aromatic nitrogens is 4. The lowest BCUT2D eigenvalue weighted by Crippen LogP contribution is -2.15. The Labute approximate surface area is 192 Å². The van der Waals surface area contributed by atoms with E-state index >= 15 is 0 Å². The van der Waals surface area contributed by atoms with Crippen LogP contribution in [0, 0.1) is 0 Å². The Kier molecular flexibility index (Phi) is 6.48. The van der Waals surface area contributed by atoms with Gasteiger partial charge < -0.3 is 11.1 Å². The third-order valence-corrected chi connectivity index (χ3v) is 5.60. The van der Waals surface area contributed by atoms with Gasteiger partial charge in [-0.05, 0) is 60.7 Å². The smallest absolute Gasteiger partial charge is 0.248 e. The van der Waals surface area contributed by atoms with Crippen LogP contribution in [0.25, 0.3) is 17.1 Å². The fourth-order valence-corrected chi connectivity index (χ4v) is 3.79. The number of hydrogen-bond donors (Lipinski definition) is 2. The van der Waals surface area contributed by atoms with E-state index in [0.29, 0.717) is 27.3 Å². The highest BCUT2D eigenvalue weighted by Crippen LogP contribution is 2.28. The maximum atomic E-state index is 12.5. The molecule has 2 amide bonds. The molecule has 0 aliphatic rings. The Hall–Kier alpha value is -3.69. The van der Waals surface area contributed by atoms with Crippen molar-refractivity contribution >= 4 is 40.9 Å². The molecule has 0 saturated carbocycles. The largest absolute Gasteiger partial charge is 0.366 e. The molecule has 0 saturated heterocycles. The fourth-order valence-electron chi connectivity index (χ4n) is 2.91. The van der Waals surface area contributed by atoms with Crippen LogP contribution in [0.5, 0.6) is 0 Å². The predicted octanol–water partition coefficient (Wildman–Crippen LogP) is 3.81. The second kappa shape index (κ2) is 9.63. The van der Waals surface area contributed by atoms with Crippen molar-refractivity contribution in [3.05, 3.63) is 83.6 Å². The molecular formula is C22H17ClN6O2S. The number of benzene rings is 2. The van der Waals surface area contributed by atoms with Gasteiger partial charge in [0.15, 0.2) is 11.0 Å². The molecule has 4 rings (SSSR count). The van der Waals surface area contributed by atoms with Crippen molar-refractivity contribution in [2.24, 2.45) is 5.73 Å². The van der Waals surface area contributed by atoms with Gasteiger partial charge in [-0.2, -0.15) is 0 Å². The van der Waals surface area contributed by atoms with E-state index in [1.165, 1.54) is 11.8 Å². The standard InChI is InChI=1S/C22H17ClN6O2S/c23-16-5-9-18(10-6-16)29-21(15-2-1-11-25-12-15)27-28-22(29)32-13-19(30)26-17-7-3-14(4-8-17)20(24)31/h1-12H,13H2,(H2,24,31)(H,26,30). The van der Waals surface area contributed by atoms with Gasteiger partial charge in [-0.25, -0.2) is 0 Å². The molecule has 0 unspecified atom stereocenters. The van der Waals surface area contributed by atoms with Gasteiger partial charge in [-0.3, -0.25) is 19.1 Å². The van der Waals surface area contributed by atoms with Crippen LogP contribution in [0.1, 0.15) is 10.4 Å². The predicted molar refractivity (Wildman–Crippen MR) is 124 cm³/mol. The fraction of sp³-hybridized carbons (Fsp3) is 0.0455. The highest BCUT2D eigenvalue weighted by Gasteiger charge is 2.17. The SMILES string of the molecule is NC(=O)c1ccc(NC(=O)CSc2nnc(-c3cccnc3)n2-c2ccc(Cl)cc2)cc1. The molecule has 160 valence electrons. The van der Waals surface area contributed by atoms with E-state index in [0.717, 1.165) is 11.3 Å². The van der Waals surface area contributed by atoms with Crippen LogP contribution < -0.4 is 11.1 Å². The summed E-state index contributed by atoms with van der Waals surface area (Å²) < 4.78 is 1.85. The van der Waals surface area contributed by atoms with Gasteiger partial charge in [-0.1, -0.05) is 23.4 Å². The van der Waals surface area contributed by atoms with E-state index in [1.807, 2.05) is 28.8 Å². The topological polar surface area (TPSA) is 116 Å². The molecule has 0 atom stereocenters. The van der Waals surface area contributed by atoms with E-state index in [9.17, 15) is 9.59 Å². The number of carbonyl (C=O) groups is 2. The summed E-state index contributed by atoms with van der Waals surface area (Å²) in [5.74, 6) is -0.0405. The molecule has 2 heterocycles. The number of hydrogen-bond acceptors (Lipinski definition) is 6. The zero-order chi connectivity index (χ0) is 22.5. The van der Waals surface area contributed by atoms with Crippen LogP contribution in [-0.2, 0) is 4.79 Å². The molecule has 10 heteroatoms. The molecule has 8 nitrogen and oxygen atoms in total. The van der Waals surface area contributed by atoms with E-state index in [4.69, 9.17) is 17.3 Å². The number of nitrogens with one attached hydrogen (secondary N) is 1. The molecule has 0 bridgehead atoms. The first-order valence-corrected chi connectivity index (χ1v) is 10.8. The van der Waals surface area contributed by atoms with E-state index in [1.54, 1.807) is 48.8 Å². The van der Waals surface area contributed by atoms with Crippen LogP contribution in [0.3, 0.4) is 0 Å². The number of nitrogens with zero attached hydrogens (tertiary/aromatic N) is 4. The molecule has 2 aromatic carbocycles. The first-order valence-electron chi connectivity index (χ1n) is 9.45. The lowest BCUT2D eigenvalue weighted by atomic mass is 10.2. The van der Waals surface area contributed by atoms with Crippen molar-refractivity contribution in [2.75, 3.05) is 11.1 Å². The van der Waals surface area contributed by atoms with Gasteiger partial charge in [-0.15, -0.1) is 10.2 Å². The summed E-state index contributed by atoms with van der Waals surface area (Å²) in [5, 5.41) is 12.5. The molecule has 4 aromatic rings. The van der Waals surface area contributed by atoms with Crippen LogP contribution in [0.15, 0.2) is 78.2 Å². The monoisotopic (exact) mass is 464 g/mol. The van der Waals surface area contributed by atoms with Crippen LogP contribution >= 0.6 is 23.4 Å². The molecule has 0 radical (unpaired) electrons. The lowest BCUT2D eigenvalue weighted by Gasteiger charge is -2.10. The summed E-state index contributed by atoms with van der Waals surface area (Å²) in [4.78, 5) is 27.8. The third-order valence-electron chi connectivity index (χ3n) is 4.42. The number of thioether (sulfide) groups is 1. The summed E-state index contributed by atoms with van der Waals surface area (Å²) in [6.45, 7) is 0. The maximum absolute atomic E-state index is 12.5. The van der Waals surface area contributed by atoms with Crippen molar-refractivity contribution in [3.8, 4) is 17.1 Å². The van der Waals surface area contributed by atoms with Crippen LogP contribution in [-0.4, -0.2) is 37.3 Å². The molecule has 0 aliphatic carbocycles. The van der Waals surface area contributed by atoms with Crippen molar-refractivity contribution in [2.45, 2.75) is 5.16 Å². The number of halogens is 1. The Bertz CT molecular complexity index is 1240. The highest BCUT2D eigenvalue weighted by molar-refractivity contribution is 7.99. The minimum atomic E-state index is -0.524. The Balaban J connectivity index is 1.54. The highest BCUT2D eigenvalue weighted by atomic mass is 35.5. The maximum Gasteiger partial charge on any atom is 0.248 e. The zero-order valence-electron chi connectivity index (χ0n) is 16.6. The van der Waals surface area contributed by atoms with Crippen molar-refractivity contribution in [1.29, 1.82) is 0 Å². The number of amides is 2. The Morgan fingerprint density at radius 2 is 1.78 bits per heavy atom. The van der Waals surface area contributed by atoms with Crippen molar-refractivity contribution < 1.29 is 9.59 Å². The normalized spacial score (nSPS) is 10.7. The summed E-state index contributed by atoms with van der Waals surface area (Å²) in [6, 6.07) is 17.3. The number of carbonyl (C=O) groups excluding carboxylic acids is 2. The number of rotatable bonds is 7. The number of pyridine rings is 1. The van der Waals surface area contributed by atoms with Crippen molar-refractivity contribution in [1.82, 2.24) is 19.7 Å². The molecule has 0 spiro atoms. The Morgan fingerprint density at radius 3 is 2.44 bits per heavy atom. The molecule has 2 aromatic heterocycles. The molecule has 32 heavy (non-hydrogen) atoms. The second-order valence-corrected chi connectivity index (χ2v) is 8.02. The quantitative estimate of drug-likeness (QED) is 0.402. The van der Waals surface area contributed by atoms with Gasteiger partial charge in [0, 0.05) is 39.9 Å². The first-order chi connectivity index (χ1) is 15.5. The van der Waals surface area contributed by atoms with Crippen LogP contribution in [0.2, 0.25) is 5.02 Å². The first kappa shape index (κ1) is 21.5. The number of primary amides is 1. The summed E-state index contributed by atoms with van der Waals surface area (Å²) in [6.07, 6.45) is 3.38. The average Bonchev–Trinajstić information content (AvgIpc) is 3.23. The van der Waals surface area contributed by atoms with Gasteiger partial charge in [0.1, 0.15) is 0 Å². The van der Waals surface area contributed by atoms with Gasteiger partial charge in [0.25, 0.3) is 0 Å². The minimum absolute atomic E-state index is 0.107. The second-order valence-electron chi connectivity index (χ2n) is 6.64. The average molecular weight is 465 g/mol. The van der Waals surface area contributed by atoms with E-state index < -0.39 is 5.91 Å². The van der Waals surface area contributed by atoms with E-state index in [-0.39, 0.29) is 11.7 Å². The van der Waals surface area contributed by atoms with Gasteiger partial charge >= 0.3 is 0 Å². The van der Waals surface area contributed by atoms with Gasteiger partial charge in [0.2, 0.25) is 11.8 Å². The summed E-state index contributed by atoms with van der Waals surface area (Å²) >= 11 is 7.29. The number of nitrogens with two attached hydrogens (primary N) is 1. The third kappa shape index (κ3) is 4.96. The number of anilines is 1. The summed E-state index contributed by atoms with van der Waals surface area (Å²) in [5.41, 5.74) is 7.77. The Morgan fingerprint density at radius 1 is 1.03 bits per heavy atom. The van der Waals surface area contributed by atoms with Gasteiger partial charge in [0.05, 0.1) is 5.75 Å². The summed E-state index contributed by atoms with van der Waals surface area (Å²) in [7, 11) is 0. The molecular weight excluding hydrogens is 448 g/mol. The molecule has 3 N–H and O–H groups in total.